The van der Waals surface area contributed by atoms with Crippen molar-refractivity contribution < 1.29 is 54.4 Å². The van der Waals surface area contributed by atoms with Crippen LogP contribution < -0.4 is 9.47 Å². The predicted octanol–water partition coefficient (Wildman–Crippen LogP) is 7.16. The quantitative estimate of drug-likeness (QED) is 0.117. The molecule has 42 heavy (non-hydrogen) atoms. The molecule has 4 rings (SSSR count). The van der Waals surface area contributed by atoms with Crippen LogP contribution in [0.3, 0.4) is 0 Å². The second-order valence-electron chi connectivity index (χ2n) is 9.41. The number of hydrogen-bond donors (Lipinski definition) is 0. The maximum atomic E-state index is 14.8. The lowest BCUT2D eigenvalue weighted by Crippen LogP contribution is -2.25. The van der Waals surface area contributed by atoms with Gasteiger partial charge in [0.2, 0.25) is 0 Å². The molecular formula is C28H27F7N2O5. The Labute approximate surface area is 236 Å². The predicted molar refractivity (Wildman–Crippen MR) is 133 cm³/mol. The molecule has 3 aromatic rings. The summed E-state index contributed by atoms with van der Waals surface area (Å²) in [4.78, 5) is 8.22. The number of ether oxygens (including phenoxy) is 5. The summed E-state index contributed by atoms with van der Waals surface area (Å²) in [6, 6.07) is 2.83. The van der Waals surface area contributed by atoms with Crippen molar-refractivity contribution in [3.63, 3.8) is 0 Å². The van der Waals surface area contributed by atoms with E-state index in [1.807, 2.05) is 6.92 Å². The van der Waals surface area contributed by atoms with Gasteiger partial charge in [-0.3, -0.25) is 0 Å². The number of hydrogen-bond acceptors (Lipinski definition) is 7. The highest BCUT2D eigenvalue weighted by Crippen LogP contribution is 2.38. The molecule has 0 radical (unpaired) electrons. The van der Waals surface area contributed by atoms with Gasteiger partial charge in [0.15, 0.2) is 17.4 Å². The lowest BCUT2D eigenvalue weighted by Gasteiger charge is -2.28. The van der Waals surface area contributed by atoms with E-state index in [4.69, 9.17) is 14.2 Å². The first kappa shape index (κ1) is 31.4. The van der Waals surface area contributed by atoms with E-state index in [0.717, 1.165) is 12.8 Å². The van der Waals surface area contributed by atoms with Crippen molar-refractivity contribution in [3.05, 3.63) is 71.3 Å². The standard InChI is InChI=1S/C28H27F7N2O5/c1-2-7-38-15-39-13-16-3-5-23(40-14-16)18-11-36-26(37-12-18)17-8-21(30)25(22(31)9-17)28(34,35)42-19-4-6-24(20(29)10-19)41-27(32)33/h4,6,8-12,16,23,27H,2-3,5,7,13-15H2,1H3. The third-order valence-electron chi connectivity index (χ3n) is 6.24. The van der Waals surface area contributed by atoms with Crippen LogP contribution in [0.15, 0.2) is 42.7 Å². The van der Waals surface area contributed by atoms with Gasteiger partial charge in [0.05, 0.1) is 19.3 Å². The van der Waals surface area contributed by atoms with E-state index in [9.17, 15) is 30.7 Å². The minimum absolute atomic E-state index is 0.127. The van der Waals surface area contributed by atoms with Gasteiger partial charge in [-0.15, -0.1) is 0 Å². The van der Waals surface area contributed by atoms with Crippen LogP contribution in [0, 0.1) is 23.4 Å². The molecule has 0 N–H and O–H groups in total. The average molecular weight is 605 g/mol. The van der Waals surface area contributed by atoms with Crippen LogP contribution in [-0.4, -0.2) is 43.2 Å². The summed E-state index contributed by atoms with van der Waals surface area (Å²) >= 11 is 0. The molecule has 2 unspecified atom stereocenters. The van der Waals surface area contributed by atoms with Crippen LogP contribution >= 0.6 is 0 Å². The summed E-state index contributed by atoms with van der Waals surface area (Å²) in [7, 11) is 0. The third kappa shape index (κ3) is 8.07. The van der Waals surface area contributed by atoms with Gasteiger partial charge >= 0.3 is 12.7 Å². The second-order valence-corrected chi connectivity index (χ2v) is 9.41. The maximum absolute atomic E-state index is 14.8. The van der Waals surface area contributed by atoms with Gasteiger partial charge in [-0.2, -0.15) is 17.6 Å². The van der Waals surface area contributed by atoms with Crippen molar-refractivity contribution in [1.29, 1.82) is 0 Å². The van der Waals surface area contributed by atoms with Crippen LogP contribution in [0.2, 0.25) is 0 Å². The van der Waals surface area contributed by atoms with Crippen molar-refractivity contribution >= 4 is 0 Å². The Bertz CT molecular complexity index is 1300. The van der Waals surface area contributed by atoms with E-state index in [0.29, 0.717) is 62.1 Å². The highest BCUT2D eigenvalue weighted by molar-refractivity contribution is 5.56. The van der Waals surface area contributed by atoms with Gasteiger partial charge in [-0.1, -0.05) is 6.92 Å². The fourth-order valence-corrected chi connectivity index (χ4v) is 4.25. The molecule has 0 amide bonds. The average Bonchev–Trinajstić information content (AvgIpc) is 2.94. The number of aromatic nitrogens is 2. The Morgan fingerprint density at radius 1 is 0.976 bits per heavy atom. The number of nitrogens with zero attached hydrogens (tertiary/aromatic N) is 2. The number of benzene rings is 2. The van der Waals surface area contributed by atoms with Crippen LogP contribution in [0.4, 0.5) is 30.7 Å². The molecule has 2 heterocycles. The molecule has 2 aromatic carbocycles. The third-order valence-corrected chi connectivity index (χ3v) is 6.24. The molecule has 228 valence electrons. The van der Waals surface area contributed by atoms with E-state index in [1.165, 1.54) is 12.4 Å². The molecule has 1 aromatic heterocycles. The van der Waals surface area contributed by atoms with Gasteiger partial charge in [-0.25, -0.2) is 23.1 Å². The molecule has 1 aliphatic rings. The largest absolute Gasteiger partial charge is 0.432 e. The van der Waals surface area contributed by atoms with Crippen LogP contribution in [0.5, 0.6) is 11.5 Å². The van der Waals surface area contributed by atoms with Crippen LogP contribution in [0.1, 0.15) is 43.4 Å². The summed E-state index contributed by atoms with van der Waals surface area (Å²) in [5.41, 5.74) is -1.33. The zero-order valence-corrected chi connectivity index (χ0v) is 22.3. The minimum atomic E-state index is -4.60. The maximum Gasteiger partial charge on any atom is 0.432 e. The zero-order valence-electron chi connectivity index (χ0n) is 22.3. The first-order valence-electron chi connectivity index (χ1n) is 13.0. The highest BCUT2D eigenvalue weighted by Gasteiger charge is 2.41. The fourth-order valence-electron chi connectivity index (χ4n) is 4.25. The number of halogens is 7. The molecular weight excluding hydrogens is 577 g/mol. The fraction of sp³-hybridized carbons (Fsp3) is 0.429. The molecule has 0 saturated carbocycles. The number of rotatable bonds is 13. The summed E-state index contributed by atoms with van der Waals surface area (Å²) in [5, 5.41) is 0. The van der Waals surface area contributed by atoms with Gasteiger partial charge in [-0.05, 0) is 43.5 Å². The highest BCUT2D eigenvalue weighted by atomic mass is 19.3. The van der Waals surface area contributed by atoms with Crippen LogP contribution in [-0.2, 0) is 20.3 Å². The molecule has 14 heteroatoms. The van der Waals surface area contributed by atoms with Crippen molar-refractivity contribution in [3.8, 4) is 22.9 Å². The van der Waals surface area contributed by atoms with Crippen molar-refractivity contribution in [2.45, 2.75) is 45.0 Å². The Balaban J connectivity index is 1.39. The van der Waals surface area contributed by atoms with Gasteiger partial charge in [0, 0.05) is 42.1 Å². The van der Waals surface area contributed by atoms with Crippen molar-refractivity contribution in [2.75, 3.05) is 26.6 Å². The van der Waals surface area contributed by atoms with E-state index in [-0.39, 0.29) is 30.2 Å². The Hall–Kier alpha value is -3.49. The number of alkyl halides is 4. The molecule has 1 saturated heterocycles. The van der Waals surface area contributed by atoms with E-state index >= 15 is 0 Å². The summed E-state index contributed by atoms with van der Waals surface area (Å²) in [6.07, 6.45) is 0.377. The molecule has 1 fully saturated rings. The Kier molecular flexibility index (Phi) is 10.6. The summed E-state index contributed by atoms with van der Waals surface area (Å²) in [6.45, 7) is 0.462. The van der Waals surface area contributed by atoms with Gasteiger partial charge < -0.3 is 23.7 Å². The molecule has 0 spiro atoms. The minimum Gasteiger partial charge on any atom is -0.432 e. The van der Waals surface area contributed by atoms with Gasteiger partial charge in [0.1, 0.15) is 29.7 Å². The van der Waals surface area contributed by atoms with Crippen molar-refractivity contribution in [2.24, 2.45) is 5.92 Å². The molecule has 2 atom stereocenters. The molecule has 7 nitrogen and oxygen atoms in total. The molecule has 0 aliphatic carbocycles. The Morgan fingerprint density at radius 2 is 1.69 bits per heavy atom. The SMILES string of the molecule is CCCOCOCC1CCC(c2cnc(-c3cc(F)c(C(F)(F)Oc4ccc(OC(F)F)c(F)c4)c(F)c3)nc2)OC1. The summed E-state index contributed by atoms with van der Waals surface area (Å²) < 4.78 is 122. The normalized spacial score (nSPS) is 17.5. The Morgan fingerprint density at radius 3 is 2.29 bits per heavy atom. The monoisotopic (exact) mass is 604 g/mol. The lowest BCUT2D eigenvalue weighted by molar-refractivity contribution is -0.189. The van der Waals surface area contributed by atoms with E-state index in [1.54, 1.807) is 0 Å². The van der Waals surface area contributed by atoms with E-state index in [2.05, 4.69) is 19.4 Å². The van der Waals surface area contributed by atoms with Crippen molar-refractivity contribution in [1.82, 2.24) is 9.97 Å². The molecule has 1 aliphatic heterocycles. The second kappa shape index (κ2) is 14.1. The van der Waals surface area contributed by atoms with Gasteiger partial charge in [0.25, 0.3) is 0 Å². The summed E-state index contributed by atoms with van der Waals surface area (Å²) in [5.74, 6) is -6.53. The lowest BCUT2D eigenvalue weighted by atomic mass is 9.96. The van der Waals surface area contributed by atoms with E-state index < -0.39 is 47.2 Å². The molecule has 0 bridgehead atoms. The topological polar surface area (TPSA) is 71.9 Å². The first-order valence-corrected chi connectivity index (χ1v) is 13.0. The zero-order chi connectivity index (χ0) is 30.3. The smallest absolute Gasteiger partial charge is 0.432 e. The first-order chi connectivity index (χ1) is 20.1. The van der Waals surface area contributed by atoms with Crippen LogP contribution in [0.25, 0.3) is 11.4 Å².